The molecule has 0 saturated carbocycles. The van der Waals surface area contributed by atoms with Gasteiger partial charge in [-0.2, -0.15) is 0 Å². The monoisotopic (exact) mass is 375 g/mol. The Morgan fingerprint density at radius 2 is 1.63 bits per heavy atom. The lowest BCUT2D eigenvalue weighted by molar-refractivity contribution is -0.384. The van der Waals surface area contributed by atoms with Gasteiger partial charge in [-0.15, -0.1) is 4.91 Å². The molecule has 0 bridgehead atoms. The molecule has 0 radical (unpaired) electrons. The fourth-order valence-corrected chi connectivity index (χ4v) is 3.07. The molecule has 1 aromatic carbocycles. The molecule has 1 heterocycles. The van der Waals surface area contributed by atoms with Crippen LogP contribution in [-0.2, 0) is 19.1 Å². The number of allylic oxidation sites excluding steroid dienone is 2. The number of hydrogen-bond acceptors (Lipinski definition) is 8. The van der Waals surface area contributed by atoms with Gasteiger partial charge in [0.05, 0.1) is 52.9 Å². The molecule has 0 unspecified atom stereocenters. The first kappa shape index (κ1) is 19.8. The van der Waals surface area contributed by atoms with E-state index in [-0.39, 0.29) is 28.2 Å². The summed E-state index contributed by atoms with van der Waals surface area (Å²) in [6.45, 7) is 2.94. The lowest BCUT2D eigenvalue weighted by Crippen LogP contribution is -2.32. The Bertz CT molecular complexity index is 848. The van der Waals surface area contributed by atoms with Crippen molar-refractivity contribution in [2.45, 2.75) is 19.8 Å². The van der Waals surface area contributed by atoms with Gasteiger partial charge in [0.25, 0.3) is 5.69 Å². The molecule has 1 aromatic rings. The topological polar surface area (TPSA) is 128 Å². The Morgan fingerprint density at radius 3 is 2.04 bits per heavy atom. The van der Waals surface area contributed by atoms with Gasteiger partial charge in [-0.1, -0.05) is 12.1 Å². The van der Waals surface area contributed by atoms with Gasteiger partial charge in [-0.05, 0) is 19.4 Å². The van der Waals surface area contributed by atoms with Gasteiger partial charge in [0.2, 0.25) is 0 Å². The third-order valence-corrected chi connectivity index (χ3v) is 4.30. The first-order chi connectivity index (χ1) is 12.8. The zero-order valence-electron chi connectivity index (χ0n) is 15.1. The van der Waals surface area contributed by atoms with Crippen LogP contribution >= 0.6 is 0 Å². The minimum atomic E-state index is -1.03. The second kappa shape index (κ2) is 7.77. The number of nitro benzene ring substituents is 1. The predicted octanol–water partition coefficient (Wildman–Crippen LogP) is 2.57. The number of nitroso groups, excluding NO2 is 1. The van der Waals surface area contributed by atoms with E-state index in [1.807, 2.05) is 0 Å². The molecule has 0 saturated heterocycles. The molecule has 0 spiro atoms. The third-order valence-electron chi connectivity index (χ3n) is 4.30. The van der Waals surface area contributed by atoms with Crippen LogP contribution in [0.25, 0.3) is 0 Å². The second-order valence-electron chi connectivity index (χ2n) is 5.66. The minimum Gasteiger partial charge on any atom is -0.466 e. The maximum Gasteiger partial charge on any atom is 0.336 e. The maximum absolute atomic E-state index is 12.4. The largest absolute Gasteiger partial charge is 0.466 e. The Morgan fingerprint density at radius 1 is 1.11 bits per heavy atom. The van der Waals surface area contributed by atoms with Crippen LogP contribution in [0.5, 0.6) is 0 Å². The van der Waals surface area contributed by atoms with Gasteiger partial charge in [0, 0.05) is 12.1 Å². The Labute approximate surface area is 154 Å². The number of nitro groups is 1. The summed E-state index contributed by atoms with van der Waals surface area (Å²) >= 11 is 0. The molecule has 0 aromatic heterocycles. The van der Waals surface area contributed by atoms with Crippen molar-refractivity contribution in [3.63, 3.8) is 0 Å². The number of esters is 2. The molecule has 0 N–H and O–H groups in total. The summed E-state index contributed by atoms with van der Waals surface area (Å²) in [6, 6.07) is 5.51. The van der Waals surface area contributed by atoms with E-state index in [1.54, 1.807) is 0 Å². The summed E-state index contributed by atoms with van der Waals surface area (Å²) < 4.78 is 9.61. The average molecular weight is 375 g/mol. The number of rotatable bonds is 5. The van der Waals surface area contributed by atoms with Crippen LogP contribution in [0.4, 0.5) is 5.69 Å². The number of hydrogen-bond donors (Lipinski definition) is 0. The average Bonchev–Trinajstić information content (AvgIpc) is 2.66. The van der Waals surface area contributed by atoms with Crippen LogP contribution in [0.2, 0.25) is 0 Å². The molecule has 27 heavy (non-hydrogen) atoms. The highest BCUT2D eigenvalue weighted by atomic mass is 16.6. The Balaban J connectivity index is 2.84. The summed E-state index contributed by atoms with van der Waals surface area (Å²) in [6.07, 6.45) is 0. The molecule has 142 valence electrons. The van der Waals surface area contributed by atoms with Crippen LogP contribution in [0.15, 0.2) is 52.1 Å². The Kier molecular flexibility index (Phi) is 5.69. The zero-order valence-corrected chi connectivity index (χ0v) is 15.1. The van der Waals surface area contributed by atoms with Crippen molar-refractivity contribution in [3.8, 4) is 0 Å². The molecule has 0 atom stereocenters. The van der Waals surface area contributed by atoms with Crippen LogP contribution in [0.3, 0.4) is 0 Å². The van der Waals surface area contributed by atoms with E-state index in [2.05, 4.69) is 5.29 Å². The van der Waals surface area contributed by atoms with Crippen LogP contribution in [0.1, 0.15) is 25.3 Å². The van der Waals surface area contributed by atoms with Crippen LogP contribution in [-0.4, -0.2) is 36.1 Å². The number of carbonyl (C=O) groups excluding carboxylic acids is 2. The van der Waals surface area contributed by atoms with Crippen molar-refractivity contribution < 1.29 is 24.0 Å². The molecule has 1 aliphatic rings. The minimum absolute atomic E-state index is 0.0383. The smallest absolute Gasteiger partial charge is 0.336 e. The number of nitrogens with zero attached hydrogens (tertiary/aromatic N) is 3. The summed E-state index contributed by atoms with van der Waals surface area (Å²) in [4.78, 5) is 46.7. The summed E-state index contributed by atoms with van der Waals surface area (Å²) in [5, 5.41) is 14.9. The lowest BCUT2D eigenvalue weighted by atomic mass is 9.80. The fourth-order valence-electron chi connectivity index (χ4n) is 3.07. The van der Waals surface area contributed by atoms with Gasteiger partial charge in [0.15, 0.2) is 0 Å². The molecule has 10 heteroatoms. The first-order valence-electron chi connectivity index (χ1n) is 7.74. The highest BCUT2D eigenvalue weighted by Crippen LogP contribution is 2.43. The van der Waals surface area contributed by atoms with Gasteiger partial charge in [-0.25, -0.2) is 14.6 Å². The van der Waals surface area contributed by atoms with Gasteiger partial charge in [0.1, 0.15) is 0 Å². The predicted molar refractivity (Wildman–Crippen MR) is 92.9 cm³/mol. The maximum atomic E-state index is 12.4. The van der Waals surface area contributed by atoms with E-state index in [0.29, 0.717) is 5.56 Å². The van der Waals surface area contributed by atoms with Crippen molar-refractivity contribution in [3.05, 3.63) is 67.4 Å². The number of non-ortho nitro benzene ring substituents is 1. The number of methoxy groups -OCH3 is 2. The number of benzene rings is 1. The van der Waals surface area contributed by atoms with E-state index < -0.39 is 22.8 Å². The molecule has 10 nitrogen and oxygen atoms in total. The Hall–Kier alpha value is -3.56. The molecule has 1 aliphatic heterocycles. The van der Waals surface area contributed by atoms with Gasteiger partial charge >= 0.3 is 11.9 Å². The second-order valence-corrected chi connectivity index (χ2v) is 5.66. The standard InChI is InChI=1S/C17H17N3O7/c1-9-13(16(21)26-3)15(11-6-5-7-12(8-11)20(24)25)14(17(22)27-4)10(2)19(9)18-23/h5-8,15H,1-4H3. The zero-order chi connectivity index (χ0) is 20.3. The van der Waals surface area contributed by atoms with Crippen molar-refractivity contribution >= 4 is 17.6 Å². The summed E-state index contributed by atoms with van der Waals surface area (Å²) in [5.41, 5.74) is 0.311. The molecule has 0 aliphatic carbocycles. The molecular weight excluding hydrogens is 358 g/mol. The van der Waals surface area contributed by atoms with Crippen LogP contribution < -0.4 is 0 Å². The molecule has 0 amide bonds. The summed E-state index contributed by atoms with van der Waals surface area (Å²) in [5.74, 6) is -2.62. The van der Waals surface area contributed by atoms with Crippen LogP contribution in [0, 0.1) is 15.0 Å². The van der Waals surface area contributed by atoms with Gasteiger partial charge in [-0.3, -0.25) is 10.1 Å². The summed E-state index contributed by atoms with van der Waals surface area (Å²) in [7, 11) is 2.30. The van der Waals surface area contributed by atoms with Gasteiger partial charge < -0.3 is 9.47 Å². The van der Waals surface area contributed by atoms with Crippen molar-refractivity contribution in [2.24, 2.45) is 5.29 Å². The molecule has 2 rings (SSSR count). The van der Waals surface area contributed by atoms with E-state index in [4.69, 9.17) is 9.47 Å². The quantitative estimate of drug-likeness (QED) is 0.332. The number of ether oxygens (including phenoxy) is 2. The van der Waals surface area contributed by atoms with E-state index in [1.165, 1.54) is 38.1 Å². The number of carbonyl (C=O) groups is 2. The lowest BCUT2D eigenvalue weighted by Gasteiger charge is -2.32. The highest BCUT2D eigenvalue weighted by molar-refractivity contribution is 5.99. The first-order valence-corrected chi connectivity index (χ1v) is 7.74. The van der Waals surface area contributed by atoms with E-state index in [9.17, 15) is 24.6 Å². The SMILES string of the molecule is COC(=O)C1=C(C)N(N=O)C(C)=C(C(=O)OC)C1c1cccc([N+](=O)[O-])c1. The fraction of sp³-hybridized carbons (Fsp3) is 0.294. The normalized spacial score (nSPS) is 14.9. The highest BCUT2D eigenvalue weighted by Gasteiger charge is 2.41. The molecular formula is C17H17N3O7. The third kappa shape index (κ3) is 3.41. The molecule has 0 fully saturated rings. The van der Waals surface area contributed by atoms with E-state index in [0.717, 1.165) is 19.2 Å². The van der Waals surface area contributed by atoms with Crippen molar-refractivity contribution in [1.29, 1.82) is 0 Å². The van der Waals surface area contributed by atoms with Crippen molar-refractivity contribution in [1.82, 2.24) is 5.01 Å². The van der Waals surface area contributed by atoms with E-state index >= 15 is 0 Å². The van der Waals surface area contributed by atoms with Crippen molar-refractivity contribution in [2.75, 3.05) is 14.2 Å².